The van der Waals surface area contributed by atoms with Gasteiger partial charge in [0.25, 0.3) is 0 Å². The summed E-state index contributed by atoms with van der Waals surface area (Å²) in [6.07, 6.45) is 27.9. The molecule has 0 unspecified atom stereocenters. The van der Waals surface area contributed by atoms with E-state index in [1.165, 1.54) is 109 Å². The Bertz CT molecular complexity index is 822. The first-order valence-corrected chi connectivity index (χ1v) is 20.1. The zero-order chi connectivity index (χ0) is 36.0. The van der Waals surface area contributed by atoms with Gasteiger partial charge < -0.3 is 40.3 Å². The molecule has 9 nitrogen and oxygen atoms in total. The summed E-state index contributed by atoms with van der Waals surface area (Å²) in [6.45, 7) is 3.72. The summed E-state index contributed by atoms with van der Waals surface area (Å²) < 4.78 is 11.1. The fourth-order valence-electron chi connectivity index (χ4n) is 6.23. The molecule has 1 amide bonds. The predicted molar refractivity (Wildman–Crippen MR) is 198 cm³/mol. The second-order valence-corrected chi connectivity index (χ2v) is 14.1. The Morgan fingerprint density at radius 2 is 1.16 bits per heavy atom. The molecule has 1 aliphatic heterocycles. The van der Waals surface area contributed by atoms with Gasteiger partial charge in [-0.3, -0.25) is 4.79 Å². The molecule has 0 bridgehead atoms. The Labute approximate surface area is 298 Å². The lowest BCUT2D eigenvalue weighted by molar-refractivity contribution is -0.302. The van der Waals surface area contributed by atoms with Crippen LogP contribution >= 0.6 is 0 Å². The molecule has 0 radical (unpaired) electrons. The van der Waals surface area contributed by atoms with Gasteiger partial charge in [0.15, 0.2) is 6.29 Å². The van der Waals surface area contributed by atoms with Crippen molar-refractivity contribution in [1.29, 1.82) is 0 Å². The number of aliphatic hydroxyl groups excluding tert-OH is 5. The van der Waals surface area contributed by atoms with E-state index in [0.29, 0.717) is 6.42 Å². The first-order chi connectivity index (χ1) is 23.8. The zero-order valence-electron chi connectivity index (χ0n) is 31.2. The molecule has 288 valence electrons. The van der Waals surface area contributed by atoms with Gasteiger partial charge in [-0.1, -0.05) is 154 Å². The van der Waals surface area contributed by atoms with E-state index in [1.54, 1.807) is 6.08 Å². The third-order valence-electron chi connectivity index (χ3n) is 9.53. The van der Waals surface area contributed by atoms with Gasteiger partial charge in [-0.2, -0.15) is 0 Å². The number of ether oxygens (including phenoxy) is 2. The van der Waals surface area contributed by atoms with Gasteiger partial charge in [0.1, 0.15) is 24.4 Å². The van der Waals surface area contributed by atoms with Crippen molar-refractivity contribution < 1.29 is 39.8 Å². The molecule has 7 atom stereocenters. The van der Waals surface area contributed by atoms with E-state index in [4.69, 9.17) is 9.47 Å². The molecule has 1 rings (SSSR count). The molecule has 0 aliphatic carbocycles. The SMILES string of the molecule is CCCCCCCCCC=CCC/C=C\[C@@H](O)[C@H](CO[C@@H]1O[C@H](CO)[C@@H](O)[C@H](O)[C@H]1O)NC(=O)CCCCCCCCCCCCCCC. The minimum atomic E-state index is -1.57. The number of hydrogen-bond donors (Lipinski definition) is 6. The largest absolute Gasteiger partial charge is 0.394 e. The topological polar surface area (TPSA) is 149 Å². The number of carbonyl (C=O) groups excluding carboxylic acids is 1. The Hall–Kier alpha value is -1.33. The molecule has 0 spiro atoms. The molecule has 9 heteroatoms. The monoisotopic (exact) mass is 698 g/mol. The standard InChI is InChI=1S/C40H75NO8/c1-3-5-7-9-11-13-15-17-19-21-23-25-27-29-34(43)33(32-48-40-39(47)38(46)37(45)35(31-42)49-40)41-36(44)30-28-26-24-22-20-18-16-14-12-10-8-6-4-2/h19,21,27,29,33-35,37-40,42-43,45-47H,3-18,20,22-26,28,30-32H2,1-2H3,(H,41,44)/b21-19?,29-27-/t33-,34+,35+,37+,38-,39+,40+/m0/s1. The Kier molecular flexibility index (Phi) is 29.3. The van der Waals surface area contributed by atoms with Crippen LogP contribution in [0.4, 0.5) is 0 Å². The van der Waals surface area contributed by atoms with Crippen LogP contribution in [0.3, 0.4) is 0 Å². The number of nitrogens with one attached hydrogen (secondary N) is 1. The van der Waals surface area contributed by atoms with E-state index < -0.39 is 49.5 Å². The van der Waals surface area contributed by atoms with Crippen LogP contribution in [0, 0.1) is 0 Å². The van der Waals surface area contributed by atoms with Gasteiger partial charge in [-0.05, 0) is 32.1 Å². The van der Waals surface area contributed by atoms with Crippen molar-refractivity contribution in [3.63, 3.8) is 0 Å². The summed E-state index contributed by atoms with van der Waals surface area (Å²) in [5.74, 6) is -0.189. The van der Waals surface area contributed by atoms with E-state index in [-0.39, 0.29) is 12.5 Å². The summed E-state index contributed by atoms with van der Waals surface area (Å²) in [5, 5.41) is 53.9. The first kappa shape index (κ1) is 45.7. The lowest BCUT2D eigenvalue weighted by atomic mass is 9.99. The van der Waals surface area contributed by atoms with Crippen molar-refractivity contribution in [2.45, 2.75) is 211 Å². The summed E-state index contributed by atoms with van der Waals surface area (Å²) in [6, 6.07) is -0.814. The summed E-state index contributed by atoms with van der Waals surface area (Å²) in [7, 11) is 0. The highest BCUT2D eigenvalue weighted by molar-refractivity contribution is 5.76. The summed E-state index contributed by atoms with van der Waals surface area (Å²) in [4.78, 5) is 12.9. The van der Waals surface area contributed by atoms with E-state index in [2.05, 4.69) is 31.3 Å². The number of unbranched alkanes of at least 4 members (excludes halogenated alkanes) is 20. The Balaban J connectivity index is 2.46. The van der Waals surface area contributed by atoms with E-state index in [9.17, 15) is 30.3 Å². The average Bonchev–Trinajstić information content (AvgIpc) is 3.10. The van der Waals surface area contributed by atoms with Crippen LogP contribution in [-0.2, 0) is 14.3 Å². The van der Waals surface area contributed by atoms with E-state index >= 15 is 0 Å². The van der Waals surface area contributed by atoms with Crippen molar-refractivity contribution in [3.8, 4) is 0 Å². The van der Waals surface area contributed by atoms with Gasteiger partial charge in [-0.15, -0.1) is 0 Å². The smallest absolute Gasteiger partial charge is 0.220 e. The molecular weight excluding hydrogens is 622 g/mol. The van der Waals surface area contributed by atoms with Crippen molar-refractivity contribution in [3.05, 3.63) is 24.3 Å². The predicted octanol–water partition coefficient (Wildman–Crippen LogP) is 7.16. The Morgan fingerprint density at radius 1 is 0.673 bits per heavy atom. The van der Waals surface area contributed by atoms with Crippen molar-refractivity contribution in [2.75, 3.05) is 13.2 Å². The van der Waals surface area contributed by atoms with Crippen LogP contribution in [0.2, 0.25) is 0 Å². The van der Waals surface area contributed by atoms with Gasteiger partial charge in [0.2, 0.25) is 5.91 Å². The maximum absolute atomic E-state index is 12.9. The van der Waals surface area contributed by atoms with E-state index in [0.717, 1.165) is 38.5 Å². The van der Waals surface area contributed by atoms with Crippen LogP contribution < -0.4 is 5.32 Å². The van der Waals surface area contributed by atoms with Gasteiger partial charge >= 0.3 is 0 Å². The van der Waals surface area contributed by atoms with Crippen LogP contribution in [0.1, 0.15) is 168 Å². The van der Waals surface area contributed by atoms with E-state index in [1.807, 2.05) is 6.08 Å². The molecule has 0 aromatic carbocycles. The maximum Gasteiger partial charge on any atom is 0.220 e. The average molecular weight is 698 g/mol. The van der Waals surface area contributed by atoms with Crippen LogP contribution in [0.25, 0.3) is 0 Å². The lowest BCUT2D eigenvalue weighted by Gasteiger charge is -2.40. The molecular formula is C40H75NO8. The lowest BCUT2D eigenvalue weighted by Crippen LogP contribution is -2.60. The summed E-state index contributed by atoms with van der Waals surface area (Å²) in [5.41, 5.74) is 0. The quantitative estimate of drug-likeness (QED) is 0.0320. The maximum atomic E-state index is 12.9. The number of amides is 1. The van der Waals surface area contributed by atoms with Crippen molar-refractivity contribution >= 4 is 5.91 Å². The highest BCUT2D eigenvalue weighted by Crippen LogP contribution is 2.22. The minimum Gasteiger partial charge on any atom is -0.394 e. The minimum absolute atomic E-state index is 0.189. The molecule has 0 saturated carbocycles. The number of rotatable bonds is 32. The molecule has 49 heavy (non-hydrogen) atoms. The molecule has 1 fully saturated rings. The van der Waals surface area contributed by atoms with Gasteiger partial charge in [0, 0.05) is 6.42 Å². The number of hydrogen-bond acceptors (Lipinski definition) is 8. The highest BCUT2D eigenvalue weighted by Gasteiger charge is 2.44. The number of aliphatic hydroxyl groups is 5. The third kappa shape index (κ3) is 23.0. The molecule has 1 heterocycles. The molecule has 1 aliphatic rings. The van der Waals surface area contributed by atoms with Crippen molar-refractivity contribution in [2.24, 2.45) is 0 Å². The normalized spacial score (nSPS) is 22.6. The second-order valence-electron chi connectivity index (χ2n) is 14.1. The summed E-state index contributed by atoms with van der Waals surface area (Å²) >= 11 is 0. The fraction of sp³-hybridized carbons (Fsp3) is 0.875. The van der Waals surface area contributed by atoms with Crippen LogP contribution in [0.15, 0.2) is 24.3 Å². The molecule has 1 saturated heterocycles. The second kappa shape index (κ2) is 31.4. The number of allylic oxidation sites excluding steroid dienone is 3. The first-order valence-electron chi connectivity index (χ1n) is 20.1. The zero-order valence-corrected chi connectivity index (χ0v) is 31.2. The molecule has 0 aromatic heterocycles. The third-order valence-corrected chi connectivity index (χ3v) is 9.53. The highest BCUT2D eigenvalue weighted by atomic mass is 16.7. The fourth-order valence-corrected chi connectivity index (χ4v) is 6.23. The molecule has 0 aromatic rings. The molecule has 6 N–H and O–H groups in total. The van der Waals surface area contributed by atoms with Crippen molar-refractivity contribution in [1.82, 2.24) is 5.32 Å². The number of carbonyl (C=O) groups is 1. The van der Waals surface area contributed by atoms with Gasteiger partial charge in [0.05, 0.1) is 25.4 Å². The Morgan fingerprint density at radius 3 is 1.71 bits per heavy atom. The van der Waals surface area contributed by atoms with Gasteiger partial charge in [-0.25, -0.2) is 0 Å². The van der Waals surface area contributed by atoms with Crippen LogP contribution in [0.5, 0.6) is 0 Å². The van der Waals surface area contributed by atoms with Crippen LogP contribution in [-0.4, -0.2) is 87.5 Å².